The minimum Gasteiger partial charge on any atom is -0.324 e. The summed E-state index contributed by atoms with van der Waals surface area (Å²) in [5.41, 5.74) is 0.453. The minimum atomic E-state index is -0.533. The number of para-hydroxylation sites is 1. The molecule has 6 heteroatoms. The first kappa shape index (κ1) is 16.6. The lowest BCUT2D eigenvalue weighted by molar-refractivity contribution is -0.117. The van der Waals surface area contributed by atoms with Gasteiger partial charge in [-0.2, -0.15) is 0 Å². The lowest BCUT2D eigenvalue weighted by atomic mass is 10.2. The van der Waals surface area contributed by atoms with E-state index in [0.717, 1.165) is 0 Å². The van der Waals surface area contributed by atoms with Gasteiger partial charge in [-0.15, -0.1) is 0 Å². The predicted molar refractivity (Wildman–Crippen MR) is 84.1 cm³/mol. The second kappa shape index (κ2) is 7.49. The van der Waals surface area contributed by atoms with Crippen LogP contribution in [0.15, 0.2) is 48.5 Å². The summed E-state index contributed by atoms with van der Waals surface area (Å²) in [4.78, 5) is 24.9. The number of rotatable bonds is 5. The van der Waals surface area contributed by atoms with Gasteiger partial charge in [-0.25, -0.2) is 8.78 Å². The summed E-state index contributed by atoms with van der Waals surface area (Å²) in [6.45, 7) is 1.40. The van der Waals surface area contributed by atoms with Gasteiger partial charge in [0.2, 0.25) is 11.8 Å². The van der Waals surface area contributed by atoms with Crippen molar-refractivity contribution in [3.63, 3.8) is 0 Å². The van der Waals surface area contributed by atoms with E-state index in [1.54, 1.807) is 12.1 Å². The van der Waals surface area contributed by atoms with Crippen molar-refractivity contribution >= 4 is 23.2 Å². The summed E-state index contributed by atoms with van der Waals surface area (Å²) in [5, 5.41) is 2.44. The SMILES string of the molecule is CC(=O)N(CCC(=O)Nc1ccccc1F)c1cccc(F)c1. The molecule has 0 saturated heterocycles. The molecule has 0 heterocycles. The van der Waals surface area contributed by atoms with E-state index in [1.807, 2.05) is 0 Å². The molecule has 0 aliphatic carbocycles. The maximum absolute atomic E-state index is 13.5. The largest absolute Gasteiger partial charge is 0.324 e. The summed E-state index contributed by atoms with van der Waals surface area (Å²) in [6, 6.07) is 11.4. The average molecular weight is 318 g/mol. The lowest BCUT2D eigenvalue weighted by Crippen LogP contribution is -2.32. The third-order valence-corrected chi connectivity index (χ3v) is 3.21. The van der Waals surface area contributed by atoms with Gasteiger partial charge in [-0.3, -0.25) is 9.59 Å². The van der Waals surface area contributed by atoms with Crippen LogP contribution < -0.4 is 10.2 Å². The van der Waals surface area contributed by atoms with Crippen LogP contribution in [0.5, 0.6) is 0 Å². The van der Waals surface area contributed by atoms with Crippen molar-refractivity contribution in [3.05, 3.63) is 60.2 Å². The zero-order valence-electron chi connectivity index (χ0n) is 12.6. The van der Waals surface area contributed by atoms with Crippen LogP contribution in [0, 0.1) is 11.6 Å². The summed E-state index contributed by atoms with van der Waals surface area (Å²) >= 11 is 0. The van der Waals surface area contributed by atoms with Crippen LogP contribution >= 0.6 is 0 Å². The topological polar surface area (TPSA) is 49.4 Å². The van der Waals surface area contributed by atoms with Crippen molar-refractivity contribution in [2.75, 3.05) is 16.8 Å². The average Bonchev–Trinajstić information content (AvgIpc) is 2.49. The molecule has 120 valence electrons. The number of hydrogen-bond acceptors (Lipinski definition) is 2. The van der Waals surface area contributed by atoms with Gasteiger partial charge in [0.15, 0.2) is 0 Å². The molecule has 0 radical (unpaired) electrons. The predicted octanol–water partition coefficient (Wildman–Crippen LogP) is 3.35. The number of nitrogens with zero attached hydrogens (tertiary/aromatic N) is 1. The zero-order valence-corrected chi connectivity index (χ0v) is 12.6. The van der Waals surface area contributed by atoms with Gasteiger partial charge in [-0.1, -0.05) is 18.2 Å². The molecule has 0 aromatic heterocycles. The Balaban J connectivity index is 2.00. The Morgan fingerprint density at radius 1 is 1.09 bits per heavy atom. The standard InChI is InChI=1S/C17H16F2N2O2/c1-12(22)21(14-6-4-5-13(18)11-14)10-9-17(23)20-16-8-3-2-7-15(16)19/h2-8,11H,9-10H2,1H3,(H,20,23). The number of benzene rings is 2. The Kier molecular flexibility index (Phi) is 5.41. The molecule has 0 unspecified atom stereocenters. The number of halogens is 2. The maximum Gasteiger partial charge on any atom is 0.226 e. The Morgan fingerprint density at radius 3 is 2.48 bits per heavy atom. The normalized spacial score (nSPS) is 10.2. The molecular weight excluding hydrogens is 302 g/mol. The molecule has 0 bridgehead atoms. The van der Waals surface area contributed by atoms with Gasteiger partial charge in [0.25, 0.3) is 0 Å². The molecule has 2 aromatic carbocycles. The van der Waals surface area contributed by atoms with Crippen molar-refractivity contribution in [1.29, 1.82) is 0 Å². The lowest BCUT2D eigenvalue weighted by Gasteiger charge is -2.21. The fourth-order valence-electron chi connectivity index (χ4n) is 2.10. The Hall–Kier alpha value is -2.76. The number of anilines is 2. The zero-order chi connectivity index (χ0) is 16.8. The fraction of sp³-hybridized carbons (Fsp3) is 0.176. The summed E-state index contributed by atoms with van der Waals surface area (Å²) < 4.78 is 26.7. The highest BCUT2D eigenvalue weighted by Crippen LogP contribution is 2.17. The molecule has 0 aliphatic heterocycles. The first-order chi connectivity index (χ1) is 11.0. The van der Waals surface area contributed by atoms with Crippen molar-refractivity contribution in [1.82, 2.24) is 0 Å². The van der Waals surface area contributed by atoms with Gasteiger partial charge in [0, 0.05) is 25.6 Å². The van der Waals surface area contributed by atoms with E-state index in [4.69, 9.17) is 0 Å². The van der Waals surface area contributed by atoms with E-state index >= 15 is 0 Å². The van der Waals surface area contributed by atoms with E-state index in [-0.39, 0.29) is 24.6 Å². The van der Waals surface area contributed by atoms with Crippen molar-refractivity contribution in [2.45, 2.75) is 13.3 Å². The molecule has 2 rings (SSSR count). The first-order valence-electron chi connectivity index (χ1n) is 7.05. The van der Waals surface area contributed by atoms with E-state index in [2.05, 4.69) is 5.32 Å². The van der Waals surface area contributed by atoms with Crippen LogP contribution in [0.4, 0.5) is 20.2 Å². The molecule has 23 heavy (non-hydrogen) atoms. The molecule has 0 saturated carbocycles. The van der Waals surface area contributed by atoms with Gasteiger partial charge in [-0.05, 0) is 30.3 Å². The molecule has 2 amide bonds. The van der Waals surface area contributed by atoms with Crippen molar-refractivity contribution in [3.8, 4) is 0 Å². The number of nitrogens with one attached hydrogen (secondary N) is 1. The van der Waals surface area contributed by atoms with E-state index in [1.165, 1.54) is 48.2 Å². The van der Waals surface area contributed by atoms with Gasteiger partial charge >= 0.3 is 0 Å². The van der Waals surface area contributed by atoms with Gasteiger partial charge in [0.05, 0.1) is 5.69 Å². The second-order valence-corrected chi connectivity index (χ2v) is 4.93. The van der Waals surface area contributed by atoms with Crippen molar-refractivity contribution in [2.24, 2.45) is 0 Å². The summed E-state index contributed by atoms with van der Waals surface area (Å²) in [7, 11) is 0. The molecule has 0 atom stereocenters. The quantitative estimate of drug-likeness (QED) is 0.919. The first-order valence-corrected chi connectivity index (χ1v) is 7.05. The molecule has 1 N–H and O–H groups in total. The molecule has 4 nitrogen and oxygen atoms in total. The minimum absolute atomic E-state index is 0.0373. The number of carbonyl (C=O) groups excluding carboxylic acids is 2. The maximum atomic E-state index is 13.5. The van der Waals surface area contributed by atoms with Crippen LogP contribution in [0.1, 0.15) is 13.3 Å². The second-order valence-electron chi connectivity index (χ2n) is 4.93. The highest BCUT2D eigenvalue weighted by atomic mass is 19.1. The number of amides is 2. The Bertz CT molecular complexity index is 719. The third-order valence-electron chi connectivity index (χ3n) is 3.21. The van der Waals surface area contributed by atoms with Gasteiger partial charge < -0.3 is 10.2 Å². The van der Waals surface area contributed by atoms with Gasteiger partial charge in [0.1, 0.15) is 11.6 Å². The van der Waals surface area contributed by atoms with Crippen LogP contribution in [-0.4, -0.2) is 18.4 Å². The van der Waals surface area contributed by atoms with E-state index in [0.29, 0.717) is 5.69 Å². The number of carbonyl (C=O) groups is 2. The fourth-order valence-corrected chi connectivity index (χ4v) is 2.10. The highest BCUT2D eigenvalue weighted by Gasteiger charge is 2.14. The molecule has 2 aromatic rings. The summed E-state index contributed by atoms with van der Waals surface area (Å²) in [5.74, 6) is -1.74. The third kappa shape index (κ3) is 4.60. The van der Waals surface area contributed by atoms with Crippen LogP contribution in [-0.2, 0) is 9.59 Å². The monoisotopic (exact) mass is 318 g/mol. The van der Waals surface area contributed by atoms with Crippen molar-refractivity contribution < 1.29 is 18.4 Å². The van der Waals surface area contributed by atoms with E-state index < -0.39 is 17.5 Å². The molecule has 0 fully saturated rings. The van der Waals surface area contributed by atoms with E-state index in [9.17, 15) is 18.4 Å². The molecule has 0 spiro atoms. The number of hydrogen-bond donors (Lipinski definition) is 1. The smallest absolute Gasteiger partial charge is 0.226 e. The Labute approximate surface area is 132 Å². The molecule has 0 aliphatic rings. The summed E-state index contributed by atoms with van der Waals surface area (Å²) in [6.07, 6.45) is -0.0373. The molecular formula is C17H16F2N2O2. The van der Waals surface area contributed by atoms with Crippen LogP contribution in [0.25, 0.3) is 0 Å². The Morgan fingerprint density at radius 2 is 1.83 bits per heavy atom. The van der Waals surface area contributed by atoms with Crippen LogP contribution in [0.3, 0.4) is 0 Å². The highest BCUT2D eigenvalue weighted by molar-refractivity contribution is 5.94. The van der Waals surface area contributed by atoms with Crippen LogP contribution in [0.2, 0.25) is 0 Å².